The lowest BCUT2D eigenvalue weighted by molar-refractivity contribution is -0.138. The summed E-state index contributed by atoms with van der Waals surface area (Å²) in [4.78, 5) is 13.3. The van der Waals surface area contributed by atoms with Crippen LogP contribution in [0.25, 0.3) is 0 Å². The molecule has 2 atom stereocenters. The van der Waals surface area contributed by atoms with Crippen molar-refractivity contribution in [1.82, 2.24) is 4.90 Å². The Morgan fingerprint density at radius 3 is 2.88 bits per heavy atom. The number of rotatable bonds is 6. The van der Waals surface area contributed by atoms with E-state index in [-0.39, 0.29) is 6.04 Å². The van der Waals surface area contributed by atoms with Gasteiger partial charge in [0.2, 0.25) is 0 Å². The van der Waals surface area contributed by atoms with Gasteiger partial charge < -0.3 is 5.11 Å². The summed E-state index contributed by atoms with van der Waals surface area (Å²) in [6.07, 6.45) is 3.81. The Bertz CT molecular complexity index is 223. The van der Waals surface area contributed by atoms with E-state index in [1.54, 1.807) is 0 Å². The molecule has 3 nitrogen and oxygen atoms in total. The second kappa shape index (κ2) is 7.17. The van der Waals surface area contributed by atoms with Gasteiger partial charge in [-0.25, -0.2) is 0 Å². The van der Waals surface area contributed by atoms with E-state index < -0.39 is 5.97 Å². The minimum Gasteiger partial charge on any atom is -0.481 e. The van der Waals surface area contributed by atoms with Crippen molar-refractivity contribution in [2.75, 3.05) is 18.1 Å². The molecular formula is C12H23NO2S. The first kappa shape index (κ1) is 13.8. The molecule has 0 aliphatic carbocycles. The minimum absolute atomic E-state index is 0.243. The van der Waals surface area contributed by atoms with Gasteiger partial charge >= 0.3 is 5.97 Å². The molecule has 1 fully saturated rings. The third kappa shape index (κ3) is 3.98. The van der Waals surface area contributed by atoms with Crippen molar-refractivity contribution in [3.63, 3.8) is 0 Å². The molecule has 0 aromatic rings. The van der Waals surface area contributed by atoms with Crippen LogP contribution in [0.3, 0.4) is 0 Å². The fourth-order valence-electron chi connectivity index (χ4n) is 2.46. The first-order valence-corrected chi connectivity index (χ1v) is 7.39. The fraction of sp³-hybridized carbons (Fsp3) is 0.917. The van der Waals surface area contributed by atoms with Gasteiger partial charge in [0.25, 0.3) is 0 Å². The molecular weight excluding hydrogens is 222 g/mol. The van der Waals surface area contributed by atoms with Gasteiger partial charge in [0, 0.05) is 30.1 Å². The van der Waals surface area contributed by atoms with Crippen molar-refractivity contribution in [1.29, 1.82) is 0 Å². The zero-order valence-electron chi connectivity index (χ0n) is 10.3. The zero-order valence-corrected chi connectivity index (χ0v) is 11.1. The number of hydrogen-bond acceptors (Lipinski definition) is 3. The quantitative estimate of drug-likeness (QED) is 0.780. The Morgan fingerprint density at radius 1 is 1.56 bits per heavy atom. The molecule has 0 aromatic heterocycles. The predicted molar refractivity (Wildman–Crippen MR) is 69.1 cm³/mol. The van der Waals surface area contributed by atoms with Crippen molar-refractivity contribution in [2.24, 2.45) is 0 Å². The summed E-state index contributed by atoms with van der Waals surface area (Å²) in [6.45, 7) is 5.47. The summed E-state index contributed by atoms with van der Waals surface area (Å²) in [5.41, 5.74) is 0. The Hall–Kier alpha value is -0.220. The van der Waals surface area contributed by atoms with E-state index >= 15 is 0 Å². The molecule has 2 unspecified atom stereocenters. The first-order valence-electron chi connectivity index (χ1n) is 6.24. The van der Waals surface area contributed by atoms with E-state index in [2.05, 4.69) is 18.7 Å². The van der Waals surface area contributed by atoms with E-state index in [0.717, 1.165) is 24.5 Å². The molecule has 1 saturated heterocycles. The van der Waals surface area contributed by atoms with Crippen molar-refractivity contribution in [2.45, 2.75) is 51.6 Å². The highest BCUT2D eigenvalue weighted by atomic mass is 32.2. The number of carbonyl (C=O) groups is 1. The smallest absolute Gasteiger partial charge is 0.304 e. The van der Waals surface area contributed by atoms with Gasteiger partial charge in [-0.05, 0) is 12.8 Å². The highest BCUT2D eigenvalue weighted by Gasteiger charge is 2.29. The van der Waals surface area contributed by atoms with Crippen molar-refractivity contribution in [3.8, 4) is 0 Å². The maximum Gasteiger partial charge on any atom is 0.304 e. The van der Waals surface area contributed by atoms with E-state index in [9.17, 15) is 4.79 Å². The van der Waals surface area contributed by atoms with E-state index in [4.69, 9.17) is 5.11 Å². The Labute approximate surface area is 103 Å². The second-order valence-corrected chi connectivity index (χ2v) is 5.57. The number of thioether (sulfide) groups is 1. The topological polar surface area (TPSA) is 40.5 Å². The van der Waals surface area contributed by atoms with E-state index in [1.165, 1.54) is 12.8 Å². The lowest BCUT2D eigenvalue weighted by Crippen LogP contribution is -2.49. The summed E-state index contributed by atoms with van der Waals surface area (Å²) < 4.78 is 0. The molecule has 0 bridgehead atoms. The third-order valence-electron chi connectivity index (χ3n) is 3.25. The first-order chi connectivity index (χ1) is 7.69. The molecule has 0 amide bonds. The summed E-state index contributed by atoms with van der Waals surface area (Å²) >= 11 is 1.89. The fourth-order valence-corrected chi connectivity index (χ4v) is 3.55. The van der Waals surface area contributed by atoms with Crippen LogP contribution in [-0.2, 0) is 4.79 Å². The molecule has 1 aliphatic heterocycles. The molecule has 0 spiro atoms. The largest absolute Gasteiger partial charge is 0.481 e. The summed E-state index contributed by atoms with van der Waals surface area (Å²) in [5.74, 6) is 1.46. The number of nitrogens with zero attached hydrogens (tertiary/aromatic N) is 1. The van der Waals surface area contributed by atoms with Gasteiger partial charge in [-0.1, -0.05) is 20.3 Å². The second-order valence-electron chi connectivity index (χ2n) is 4.42. The highest BCUT2D eigenvalue weighted by molar-refractivity contribution is 7.99. The normalized spacial score (nSPS) is 24.2. The van der Waals surface area contributed by atoms with Crippen LogP contribution in [0.1, 0.15) is 39.5 Å². The van der Waals surface area contributed by atoms with Gasteiger partial charge in [0.15, 0.2) is 0 Å². The van der Waals surface area contributed by atoms with E-state index in [0.29, 0.717) is 12.5 Å². The van der Waals surface area contributed by atoms with Crippen molar-refractivity contribution >= 4 is 17.7 Å². The van der Waals surface area contributed by atoms with Gasteiger partial charge in [-0.2, -0.15) is 11.8 Å². The SMILES string of the molecule is CCCC(CC)N1CCSCC1CC(=O)O. The van der Waals surface area contributed by atoms with Crippen LogP contribution in [0, 0.1) is 0 Å². The van der Waals surface area contributed by atoms with E-state index in [1.807, 2.05) is 11.8 Å². The highest BCUT2D eigenvalue weighted by Crippen LogP contribution is 2.24. The summed E-state index contributed by atoms with van der Waals surface area (Å²) in [7, 11) is 0. The lowest BCUT2D eigenvalue weighted by Gasteiger charge is -2.40. The summed E-state index contributed by atoms with van der Waals surface area (Å²) in [6, 6.07) is 0.822. The monoisotopic (exact) mass is 245 g/mol. The minimum atomic E-state index is -0.663. The molecule has 1 heterocycles. The number of hydrogen-bond donors (Lipinski definition) is 1. The molecule has 1 aliphatic rings. The van der Waals surface area contributed by atoms with Crippen molar-refractivity contribution < 1.29 is 9.90 Å². The number of carboxylic acid groups (broad SMARTS) is 1. The average molecular weight is 245 g/mol. The van der Waals surface area contributed by atoms with Crippen LogP contribution < -0.4 is 0 Å². The summed E-state index contributed by atoms with van der Waals surface area (Å²) in [5, 5.41) is 8.93. The Kier molecular flexibility index (Phi) is 6.21. The standard InChI is InChI=1S/C12H23NO2S/c1-3-5-10(4-2)13-6-7-16-9-11(13)8-12(14)15/h10-11H,3-9H2,1-2H3,(H,14,15). The van der Waals surface area contributed by atoms with Crippen LogP contribution in [0.2, 0.25) is 0 Å². The maximum absolute atomic E-state index is 10.8. The van der Waals surface area contributed by atoms with Gasteiger partial charge in [0.1, 0.15) is 0 Å². The maximum atomic E-state index is 10.8. The number of carboxylic acids is 1. The average Bonchev–Trinajstić information content (AvgIpc) is 2.26. The van der Waals surface area contributed by atoms with Crippen molar-refractivity contribution in [3.05, 3.63) is 0 Å². The van der Waals surface area contributed by atoms with Crippen LogP contribution in [-0.4, -0.2) is 46.1 Å². The van der Waals surface area contributed by atoms with Crippen LogP contribution in [0.5, 0.6) is 0 Å². The van der Waals surface area contributed by atoms with Crippen LogP contribution in [0.4, 0.5) is 0 Å². The van der Waals surface area contributed by atoms with Gasteiger partial charge in [-0.15, -0.1) is 0 Å². The molecule has 0 aromatic carbocycles. The molecule has 94 valence electrons. The van der Waals surface area contributed by atoms with Crippen LogP contribution in [0.15, 0.2) is 0 Å². The zero-order chi connectivity index (χ0) is 12.0. The van der Waals surface area contributed by atoms with Gasteiger partial charge in [-0.3, -0.25) is 9.69 Å². The predicted octanol–water partition coefficient (Wildman–Crippen LogP) is 2.46. The molecule has 0 radical (unpaired) electrons. The number of aliphatic carboxylic acids is 1. The molecule has 1 N–H and O–H groups in total. The lowest BCUT2D eigenvalue weighted by atomic mass is 10.0. The molecule has 16 heavy (non-hydrogen) atoms. The van der Waals surface area contributed by atoms with Gasteiger partial charge in [0.05, 0.1) is 6.42 Å². The van der Waals surface area contributed by atoms with Crippen LogP contribution >= 0.6 is 11.8 Å². The molecule has 0 saturated carbocycles. The molecule has 4 heteroatoms. The Balaban J connectivity index is 2.60. The molecule has 1 rings (SSSR count). The Morgan fingerprint density at radius 2 is 2.31 bits per heavy atom. The third-order valence-corrected chi connectivity index (χ3v) is 4.34.